The van der Waals surface area contributed by atoms with Gasteiger partial charge in [-0.15, -0.1) is 5.11 Å². The summed E-state index contributed by atoms with van der Waals surface area (Å²) in [6.45, 7) is 15.1. The van der Waals surface area contributed by atoms with Gasteiger partial charge >= 0.3 is 0 Å². The summed E-state index contributed by atoms with van der Waals surface area (Å²) in [5.74, 6) is -0.674. The molecule has 0 unspecified atom stereocenters. The highest BCUT2D eigenvalue weighted by molar-refractivity contribution is 7.86. The van der Waals surface area contributed by atoms with Gasteiger partial charge < -0.3 is 35.1 Å². The third-order valence-electron chi connectivity index (χ3n) is 12.1. The van der Waals surface area contributed by atoms with Crippen molar-refractivity contribution in [2.45, 2.75) is 88.3 Å². The SMILES string of the molecule is CCC(C)(C)c1ccc(OCCCNC(=O)c2cc(OCCOc3ccc(N=Nc4c(S(=O)(=O)O)cc5cc(S(=O)(=O)O)cc(NC(C)=O)c5c4O)cc3)c3ccccc3c2O)c(C(C)(C)CC)c1. The summed E-state index contributed by atoms with van der Waals surface area (Å²) in [6, 6.07) is 23.4. The van der Waals surface area contributed by atoms with Crippen molar-refractivity contribution in [3.63, 3.8) is 0 Å². The molecule has 0 saturated heterocycles. The zero-order chi connectivity index (χ0) is 50.5. The molecular weight excluding hydrogens is 929 g/mol. The lowest BCUT2D eigenvalue weighted by Gasteiger charge is -2.30. The maximum atomic E-state index is 13.5. The first-order chi connectivity index (χ1) is 32.4. The first kappa shape index (κ1) is 51.6. The maximum Gasteiger partial charge on any atom is 0.296 e. The van der Waals surface area contributed by atoms with E-state index in [2.05, 4.69) is 74.5 Å². The Morgan fingerprint density at radius 2 is 1.35 bits per heavy atom. The van der Waals surface area contributed by atoms with Gasteiger partial charge in [0.05, 0.1) is 28.4 Å². The molecule has 0 aliphatic carbocycles. The predicted octanol–water partition coefficient (Wildman–Crippen LogP) is 10.3. The van der Waals surface area contributed by atoms with Crippen LogP contribution in [-0.2, 0) is 35.9 Å². The number of phenols is 2. The largest absolute Gasteiger partial charge is 0.506 e. The normalized spacial score (nSPS) is 12.4. The Bertz CT molecular complexity index is 3170. The van der Waals surface area contributed by atoms with Gasteiger partial charge in [0.15, 0.2) is 5.75 Å². The second-order valence-electron chi connectivity index (χ2n) is 17.6. The number of anilines is 1. The highest BCUT2D eigenvalue weighted by Crippen LogP contribution is 2.46. The van der Waals surface area contributed by atoms with E-state index in [0.29, 0.717) is 41.8 Å². The number of hydrogen-bond donors (Lipinski definition) is 6. The minimum Gasteiger partial charge on any atom is -0.506 e. The lowest BCUT2D eigenvalue weighted by Crippen LogP contribution is -2.26. The average Bonchev–Trinajstić information content (AvgIpc) is 3.29. The third kappa shape index (κ3) is 12.1. The molecule has 0 aliphatic rings. The van der Waals surface area contributed by atoms with Gasteiger partial charge in [0.25, 0.3) is 26.1 Å². The molecule has 0 fully saturated rings. The molecular formula is C50H56N4O13S2. The molecule has 0 aromatic heterocycles. The average molecular weight is 985 g/mol. The number of aromatic hydroxyl groups is 2. The number of azo groups is 1. The molecule has 0 radical (unpaired) electrons. The van der Waals surface area contributed by atoms with Gasteiger partial charge in [0, 0.05) is 35.2 Å². The Morgan fingerprint density at radius 1 is 0.696 bits per heavy atom. The van der Waals surface area contributed by atoms with E-state index in [9.17, 15) is 45.7 Å². The Balaban J connectivity index is 1.10. The number of fused-ring (bicyclic) bond motifs is 2. The number of benzene rings is 6. The second-order valence-corrected chi connectivity index (χ2v) is 20.4. The number of carbonyl (C=O) groups excluding carboxylic acids is 2. The lowest BCUT2D eigenvalue weighted by atomic mass is 9.76. The van der Waals surface area contributed by atoms with E-state index in [-0.39, 0.29) is 57.5 Å². The van der Waals surface area contributed by atoms with Crippen molar-refractivity contribution in [3.05, 3.63) is 108 Å². The van der Waals surface area contributed by atoms with Gasteiger partial charge in [-0.25, -0.2) is 0 Å². The van der Waals surface area contributed by atoms with E-state index in [4.69, 9.17) is 14.2 Å². The van der Waals surface area contributed by atoms with Gasteiger partial charge in [0.2, 0.25) is 5.91 Å². The molecule has 69 heavy (non-hydrogen) atoms. The number of ether oxygens (including phenoxy) is 3. The van der Waals surface area contributed by atoms with Crippen LogP contribution < -0.4 is 24.8 Å². The first-order valence-corrected chi connectivity index (χ1v) is 25.0. The number of nitrogens with zero attached hydrogens (tertiary/aromatic N) is 2. The molecule has 0 heterocycles. The zero-order valence-corrected chi connectivity index (χ0v) is 40.9. The number of phenolic OH excluding ortho intramolecular Hbond substituents is 2. The van der Waals surface area contributed by atoms with Gasteiger partial charge in [-0.2, -0.15) is 21.9 Å². The topological polar surface area (TPSA) is 260 Å². The number of carbonyl (C=O) groups is 2. The molecule has 6 aromatic rings. The molecule has 0 aliphatic heterocycles. The van der Waals surface area contributed by atoms with Crippen LogP contribution in [0.15, 0.2) is 111 Å². The van der Waals surface area contributed by atoms with Crippen LogP contribution in [0.4, 0.5) is 17.1 Å². The summed E-state index contributed by atoms with van der Waals surface area (Å²) in [7, 11) is -9.96. The Labute approximate surface area is 401 Å². The Morgan fingerprint density at radius 3 is 1.99 bits per heavy atom. The van der Waals surface area contributed by atoms with Gasteiger partial charge in [-0.05, 0) is 95.6 Å². The van der Waals surface area contributed by atoms with Crippen molar-refractivity contribution in [2.75, 3.05) is 31.7 Å². The fraction of sp³-hybridized carbons (Fsp3) is 0.320. The highest BCUT2D eigenvalue weighted by atomic mass is 32.2. The van der Waals surface area contributed by atoms with Crippen molar-refractivity contribution in [1.82, 2.24) is 5.32 Å². The molecule has 6 aromatic carbocycles. The summed E-state index contributed by atoms with van der Waals surface area (Å²) in [6.07, 6.45) is 2.46. The molecule has 2 amide bonds. The fourth-order valence-electron chi connectivity index (χ4n) is 7.39. The summed E-state index contributed by atoms with van der Waals surface area (Å²) < 4.78 is 86.5. The molecule has 0 bridgehead atoms. The van der Waals surface area contributed by atoms with E-state index >= 15 is 0 Å². The zero-order valence-electron chi connectivity index (χ0n) is 39.3. The van der Waals surface area contributed by atoms with Crippen molar-refractivity contribution >= 4 is 70.7 Å². The Hall–Kier alpha value is -6.80. The van der Waals surface area contributed by atoms with E-state index in [0.717, 1.165) is 49.3 Å². The summed E-state index contributed by atoms with van der Waals surface area (Å²) in [5.41, 5.74) is 1.52. The van der Waals surface area contributed by atoms with Gasteiger partial charge in [-0.3, -0.25) is 18.7 Å². The van der Waals surface area contributed by atoms with Crippen LogP contribution in [0.1, 0.15) is 89.2 Å². The first-order valence-electron chi connectivity index (χ1n) is 22.1. The fourth-order valence-corrected chi connectivity index (χ4v) is 8.59. The standard InChI is InChI=1S/C50H56N4O13S2/c1-8-49(4,5)32-15-20-41(39(27-32)50(6,7)9-2)66-22-12-21-51-48(58)38-29-42(36-13-10-11-14-37(36)46(38)56)67-24-23-65-34-18-16-33(17-19-34)53-54-45-43(69(62,63)64)26-31-25-35(68(59,60)61)28-40(52-30(3)55)44(31)47(45)57/h10-11,13-20,25-29,56-57H,8-9,12,21-24H2,1-7H3,(H,51,58)(H,52,55)(H,59,60,61)(H,62,63,64). The van der Waals surface area contributed by atoms with Crippen LogP contribution in [-0.4, -0.2) is 74.3 Å². The molecule has 0 saturated carbocycles. The smallest absolute Gasteiger partial charge is 0.296 e. The monoisotopic (exact) mass is 984 g/mol. The summed E-state index contributed by atoms with van der Waals surface area (Å²) in [5, 5.41) is 35.9. The van der Waals surface area contributed by atoms with Crippen molar-refractivity contribution in [2.24, 2.45) is 10.2 Å². The summed E-state index contributed by atoms with van der Waals surface area (Å²) >= 11 is 0. The molecule has 0 atom stereocenters. The number of hydrogen-bond acceptors (Lipinski definition) is 13. The number of amides is 2. The molecule has 0 spiro atoms. The van der Waals surface area contributed by atoms with Gasteiger partial charge in [-0.1, -0.05) is 77.9 Å². The van der Waals surface area contributed by atoms with Crippen LogP contribution in [0.25, 0.3) is 21.5 Å². The molecule has 6 N–H and O–H groups in total. The van der Waals surface area contributed by atoms with Crippen LogP contribution in [0.5, 0.6) is 28.7 Å². The van der Waals surface area contributed by atoms with Crippen molar-refractivity contribution in [1.29, 1.82) is 0 Å². The Kier molecular flexibility index (Phi) is 15.6. The minimum absolute atomic E-state index is 0.0303. The summed E-state index contributed by atoms with van der Waals surface area (Å²) in [4.78, 5) is 23.7. The number of rotatable bonds is 20. The predicted molar refractivity (Wildman–Crippen MR) is 262 cm³/mol. The van der Waals surface area contributed by atoms with Crippen LogP contribution in [0.2, 0.25) is 0 Å². The van der Waals surface area contributed by atoms with Crippen LogP contribution >= 0.6 is 0 Å². The minimum atomic E-state index is -5.10. The van der Waals surface area contributed by atoms with E-state index in [1.165, 1.54) is 35.9 Å². The van der Waals surface area contributed by atoms with E-state index in [1.54, 1.807) is 24.3 Å². The van der Waals surface area contributed by atoms with Gasteiger partial charge in [0.1, 0.15) is 46.8 Å². The second kappa shape index (κ2) is 20.8. The van der Waals surface area contributed by atoms with Crippen molar-refractivity contribution < 1.29 is 60.0 Å². The van der Waals surface area contributed by atoms with Crippen LogP contribution in [0.3, 0.4) is 0 Å². The van der Waals surface area contributed by atoms with Crippen LogP contribution in [0, 0.1) is 0 Å². The lowest BCUT2D eigenvalue weighted by molar-refractivity contribution is -0.114. The quantitative estimate of drug-likeness (QED) is 0.0237. The molecule has 17 nitrogen and oxygen atoms in total. The number of nitrogens with one attached hydrogen (secondary N) is 2. The highest BCUT2D eigenvalue weighted by Gasteiger charge is 2.28. The van der Waals surface area contributed by atoms with E-state index in [1.807, 2.05) is 6.07 Å². The van der Waals surface area contributed by atoms with Crippen molar-refractivity contribution in [3.8, 4) is 28.7 Å². The van der Waals surface area contributed by atoms with E-state index < -0.39 is 53.3 Å². The molecule has 6 rings (SSSR count). The third-order valence-corrected chi connectivity index (χ3v) is 13.8. The maximum absolute atomic E-state index is 13.5. The molecule has 366 valence electrons. The molecule has 19 heteroatoms.